The lowest BCUT2D eigenvalue weighted by molar-refractivity contribution is -0.170. The first-order chi connectivity index (χ1) is 12.2. The van der Waals surface area contributed by atoms with Crippen LogP contribution in [0.4, 0.5) is 0 Å². The zero-order chi connectivity index (χ0) is 19.2. The number of benzene rings is 1. The van der Waals surface area contributed by atoms with Gasteiger partial charge in [0.2, 0.25) is 0 Å². The number of hydrogen-bond acceptors (Lipinski definition) is 5. The van der Waals surface area contributed by atoms with E-state index in [9.17, 15) is 15.0 Å². The van der Waals surface area contributed by atoms with Gasteiger partial charge in [-0.25, -0.2) is 0 Å². The molecule has 1 saturated heterocycles. The number of phenols is 1. The van der Waals surface area contributed by atoms with Crippen molar-refractivity contribution >= 4 is 5.97 Å². The lowest BCUT2D eigenvalue weighted by Crippen LogP contribution is -2.38. The Labute approximate surface area is 155 Å². The standard InChI is InChI=1S/C21H30O5/c1-6-8-13-17(16-9-15(22)12(7-2)20(24)25-16)19-14(11(3)18(13)23)10-21(4,5)26-19/h12,15-16,22-23H,6-10H2,1-5H3. The molecule has 1 fully saturated rings. The second-order valence-corrected chi connectivity index (χ2v) is 8.21. The number of esters is 1. The van der Waals surface area contributed by atoms with Crippen molar-refractivity contribution in [3.63, 3.8) is 0 Å². The highest BCUT2D eigenvalue weighted by Crippen LogP contribution is 2.50. The second kappa shape index (κ2) is 6.76. The molecule has 144 valence electrons. The van der Waals surface area contributed by atoms with Crippen LogP contribution in [-0.2, 0) is 22.4 Å². The minimum absolute atomic E-state index is 0.269. The van der Waals surface area contributed by atoms with Gasteiger partial charge in [-0.05, 0) is 39.2 Å². The van der Waals surface area contributed by atoms with Gasteiger partial charge in [-0.3, -0.25) is 4.79 Å². The van der Waals surface area contributed by atoms with Gasteiger partial charge in [-0.15, -0.1) is 0 Å². The van der Waals surface area contributed by atoms with Crippen LogP contribution in [0.2, 0.25) is 0 Å². The number of hydrogen-bond donors (Lipinski definition) is 2. The Morgan fingerprint density at radius 1 is 1.27 bits per heavy atom. The van der Waals surface area contributed by atoms with Gasteiger partial charge >= 0.3 is 5.97 Å². The van der Waals surface area contributed by atoms with Gasteiger partial charge in [0.25, 0.3) is 0 Å². The zero-order valence-corrected chi connectivity index (χ0v) is 16.4. The third-order valence-electron chi connectivity index (χ3n) is 5.66. The number of carbonyl (C=O) groups is 1. The van der Waals surface area contributed by atoms with Crippen LogP contribution >= 0.6 is 0 Å². The van der Waals surface area contributed by atoms with Crippen LogP contribution in [0.25, 0.3) is 0 Å². The van der Waals surface area contributed by atoms with Crippen molar-refractivity contribution in [2.24, 2.45) is 5.92 Å². The molecular weight excluding hydrogens is 332 g/mol. The average molecular weight is 362 g/mol. The van der Waals surface area contributed by atoms with Crippen molar-refractivity contribution in [3.8, 4) is 11.5 Å². The number of aliphatic hydroxyl groups is 1. The van der Waals surface area contributed by atoms with Crippen LogP contribution < -0.4 is 4.74 Å². The predicted molar refractivity (Wildman–Crippen MR) is 98.5 cm³/mol. The van der Waals surface area contributed by atoms with Crippen molar-refractivity contribution in [2.45, 2.75) is 84.5 Å². The molecule has 1 aromatic rings. The Balaban J connectivity index is 2.13. The van der Waals surface area contributed by atoms with E-state index in [0.717, 1.165) is 34.4 Å². The number of fused-ring (bicyclic) bond motifs is 1. The summed E-state index contributed by atoms with van der Waals surface area (Å²) in [6.07, 6.45) is 1.77. The van der Waals surface area contributed by atoms with E-state index in [1.807, 2.05) is 34.6 Å². The van der Waals surface area contributed by atoms with Gasteiger partial charge in [0.05, 0.1) is 12.0 Å². The van der Waals surface area contributed by atoms with E-state index in [1.54, 1.807) is 0 Å². The van der Waals surface area contributed by atoms with E-state index in [2.05, 4.69) is 0 Å². The summed E-state index contributed by atoms with van der Waals surface area (Å²) in [5, 5.41) is 21.3. The molecule has 0 aliphatic carbocycles. The molecule has 26 heavy (non-hydrogen) atoms. The molecule has 0 aromatic heterocycles. The highest BCUT2D eigenvalue weighted by atomic mass is 16.6. The number of ether oxygens (including phenoxy) is 2. The molecule has 0 radical (unpaired) electrons. The Morgan fingerprint density at radius 2 is 1.96 bits per heavy atom. The van der Waals surface area contributed by atoms with Crippen LogP contribution in [0.1, 0.15) is 75.3 Å². The first kappa shape index (κ1) is 19.0. The van der Waals surface area contributed by atoms with Crippen molar-refractivity contribution in [2.75, 3.05) is 0 Å². The summed E-state index contributed by atoms with van der Waals surface area (Å²) in [7, 11) is 0. The van der Waals surface area contributed by atoms with Crippen molar-refractivity contribution in [1.29, 1.82) is 0 Å². The molecule has 3 unspecified atom stereocenters. The Bertz CT molecular complexity index is 722. The number of rotatable bonds is 4. The minimum atomic E-state index is -0.741. The molecule has 0 amide bonds. The van der Waals surface area contributed by atoms with Gasteiger partial charge in [0.1, 0.15) is 23.2 Å². The minimum Gasteiger partial charge on any atom is -0.507 e. The summed E-state index contributed by atoms with van der Waals surface area (Å²) < 4.78 is 12.0. The molecule has 2 heterocycles. The Kier molecular flexibility index (Phi) is 4.95. The van der Waals surface area contributed by atoms with Crippen LogP contribution in [-0.4, -0.2) is 27.9 Å². The molecule has 2 aliphatic heterocycles. The van der Waals surface area contributed by atoms with E-state index in [4.69, 9.17) is 9.47 Å². The van der Waals surface area contributed by atoms with Gasteiger partial charge in [0.15, 0.2) is 0 Å². The van der Waals surface area contributed by atoms with Crippen molar-refractivity contribution in [1.82, 2.24) is 0 Å². The predicted octanol–water partition coefficient (Wildman–Crippen LogP) is 3.74. The second-order valence-electron chi connectivity index (χ2n) is 8.21. The molecule has 0 bridgehead atoms. The molecule has 5 nitrogen and oxygen atoms in total. The third-order valence-corrected chi connectivity index (χ3v) is 5.66. The molecule has 1 aromatic carbocycles. The molecule has 0 saturated carbocycles. The summed E-state index contributed by atoms with van der Waals surface area (Å²) in [4.78, 5) is 12.4. The van der Waals surface area contributed by atoms with E-state index >= 15 is 0 Å². The monoisotopic (exact) mass is 362 g/mol. The first-order valence-corrected chi connectivity index (χ1v) is 9.64. The first-order valence-electron chi connectivity index (χ1n) is 9.64. The Hall–Kier alpha value is -1.75. The summed E-state index contributed by atoms with van der Waals surface area (Å²) in [5.74, 6) is 0.147. The average Bonchev–Trinajstić information content (AvgIpc) is 2.88. The van der Waals surface area contributed by atoms with E-state index in [1.165, 1.54) is 0 Å². The molecule has 0 spiro atoms. The molecule has 3 atom stereocenters. The Morgan fingerprint density at radius 3 is 2.54 bits per heavy atom. The summed E-state index contributed by atoms with van der Waals surface area (Å²) in [5.41, 5.74) is 2.97. The highest BCUT2D eigenvalue weighted by molar-refractivity contribution is 5.75. The topological polar surface area (TPSA) is 76.0 Å². The summed E-state index contributed by atoms with van der Waals surface area (Å²) >= 11 is 0. The lowest BCUT2D eigenvalue weighted by atomic mass is 9.84. The molecule has 2 aliphatic rings. The van der Waals surface area contributed by atoms with Gasteiger partial charge in [-0.1, -0.05) is 20.3 Å². The molecule has 2 N–H and O–H groups in total. The molecule has 5 heteroatoms. The summed E-state index contributed by atoms with van der Waals surface area (Å²) in [6.45, 7) is 9.87. The summed E-state index contributed by atoms with van der Waals surface area (Å²) in [6, 6.07) is 0. The maximum absolute atomic E-state index is 12.4. The lowest BCUT2D eigenvalue weighted by Gasteiger charge is -2.34. The van der Waals surface area contributed by atoms with Crippen LogP contribution in [0.15, 0.2) is 0 Å². The van der Waals surface area contributed by atoms with E-state index in [-0.39, 0.29) is 17.3 Å². The van der Waals surface area contributed by atoms with Crippen LogP contribution in [0.5, 0.6) is 11.5 Å². The SMILES string of the molecule is CCCc1c(O)c(C)c2c(c1C1CC(O)C(CC)C(=O)O1)OC(C)(C)C2. The van der Waals surface area contributed by atoms with E-state index in [0.29, 0.717) is 25.7 Å². The number of phenolic OH excluding ortho intramolecular Hbond substituents is 1. The number of carbonyl (C=O) groups excluding carboxylic acids is 1. The van der Waals surface area contributed by atoms with Crippen LogP contribution in [0, 0.1) is 12.8 Å². The van der Waals surface area contributed by atoms with Crippen LogP contribution in [0.3, 0.4) is 0 Å². The van der Waals surface area contributed by atoms with Gasteiger partial charge < -0.3 is 19.7 Å². The quantitative estimate of drug-likeness (QED) is 0.798. The fourth-order valence-corrected chi connectivity index (χ4v) is 4.31. The normalized spacial score (nSPS) is 27.0. The van der Waals surface area contributed by atoms with Gasteiger partial charge in [0, 0.05) is 29.5 Å². The molecular formula is C21H30O5. The molecule has 3 rings (SSSR count). The smallest absolute Gasteiger partial charge is 0.312 e. The van der Waals surface area contributed by atoms with Gasteiger partial charge in [-0.2, -0.15) is 0 Å². The number of aliphatic hydroxyl groups excluding tert-OH is 1. The van der Waals surface area contributed by atoms with Crippen molar-refractivity contribution in [3.05, 3.63) is 22.3 Å². The number of cyclic esters (lactones) is 1. The zero-order valence-electron chi connectivity index (χ0n) is 16.4. The third kappa shape index (κ3) is 3.07. The van der Waals surface area contributed by atoms with Crippen molar-refractivity contribution < 1.29 is 24.5 Å². The fraction of sp³-hybridized carbons (Fsp3) is 0.667. The highest BCUT2D eigenvalue weighted by Gasteiger charge is 2.43. The number of aromatic hydroxyl groups is 1. The fourth-order valence-electron chi connectivity index (χ4n) is 4.31. The maximum Gasteiger partial charge on any atom is 0.312 e. The largest absolute Gasteiger partial charge is 0.507 e. The van der Waals surface area contributed by atoms with E-state index < -0.39 is 18.1 Å². The maximum atomic E-state index is 12.4.